The number of amides is 2. The Labute approximate surface area is 624 Å². The maximum absolute atomic E-state index is 11.6. The lowest BCUT2D eigenvalue weighted by atomic mass is 10.0. The van der Waals surface area contributed by atoms with Gasteiger partial charge in [-0.15, -0.1) is 0 Å². The van der Waals surface area contributed by atoms with E-state index >= 15 is 0 Å². The molecule has 2 amide bonds. The van der Waals surface area contributed by atoms with Crippen LogP contribution in [-0.2, 0) is 33.4 Å². The molecule has 0 spiro atoms. The summed E-state index contributed by atoms with van der Waals surface area (Å²) in [5.74, 6) is 2.84. The minimum Gasteiger partial charge on any atom is -0.508 e. The zero-order valence-corrected chi connectivity index (χ0v) is 60.3. The highest BCUT2D eigenvalue weighted by Gasteiger charge is 2.28. The normalized spacial score (nSPS) is 14.7. The van der Waals surface area contributed by atoms with Crippen molar-refractivity contribution in [3.8, 4) is 28.7 Å². The molecule has 4 heterocycles. The maximum atomic E-state index is 11.6. The summed E-state index contributed by atoms with van der Waals surface area (Å²) >= 11 is 12.5. The lowest BCUT2D eigenvalue weighted by Crippen LogP contribution is -2.33. The molecule has 0 bridgehead atoms. The van der Waals surface area contributed by atoms with Gasteiger partial charge in [0.25, 0.3) is 15.8 Å². The van der Waals surface area contributed by atoms with Crippen LogP contribution in [-0.4, -0.2) is 143 Å². The second-order valence-corrected chi connectivity index (χ2v) is 25.7. The van der Waals surface area contributed by atoms with Crippen molar-refractivity contribution in [2.45, 2.75) is 55.8 Å². The van der Waals surface area contributed by atoms with Crippen molar-refractivity contribution in [2.24, 2.45) is 15.9 Å². The van der Waals surface area contributed by atoms with Crippen LogP contribution in [0.15, 0.2) is 240 Å². The van der Waals surface area contributed by atoms with E-state index in [0.717, 1.165) is 75.1 Å². The molecular weight excluding hydrogens is 1420 g/mol. The number of aliphatic hydroxyl groups excluding tert-OH is 2. The number of nitrogens with zero attached hydrogens (tertiary/aromatic N) is 3. The van der Waals surface area contributed by atoms with E-state index in [1.165, 1.54) is 18.2 Å². The van der Waals surface area contributed by atoms with E-state index in [1.54, 1.807) is 49.4 Å². The number of halogens is 2. The number of nitrogens with two attached hydrogens (primary N) is 1. The van der Waals surface area contributed by atoms with Gasteiger partial charge in [-0.05, 0) is 133 Å². The highest BCUT2D eigenvalue weighted by molar-refractivity contribution is 7.86. The molecule has 9 aromatic rings. The van der Waals surface area contributed by atoms with Crippen LogP contribution >= 0.6 is 23.2 Å². The van der Waals surface area contributed by atoms with Crippen LogP contribution in [0, 0.1) is 10.1 Å². The number of hydrogen-bond acceptors (Lipinski definition) is 23. The molecule has 106 heavy (non-hydrogen) atoms. The number of nitro groups is 1. The number of nitro benzene ring substituents is 1. The first-order valence-corrected chi connectivity index (χ1v) is 35.9. The van der Waals surface area contributed by atoms with Gasteiger partial charge in [0.15, 0.2) is 0 Å². The number of epoxide rings is 2. The third-order valence-electron chi connectivity index (χ3n) is 14.7. The summed E-state index contributed by atoms with van der Waals surface area (Å²) in [6.45, 7) is 6.12. The summed E-state index contributed by atoms with van der Waals surface area (Å²) < 4.78 is 60.4. The van der Waals surface area contributed by atoms with Crippen LogP contribution in [0.1, 0.15) is 43.7 Å². The number of nitrogens with one attached hydrogen (secondary N) is 6. The Hall–Kier alpha value is -10.7. The highest BCUT2D eigenvalue weighted by atomic mass is 35.5. The number of aromatic hydroxyl groups is 1. The molecule has 11 N–H and O–H groups in total. The van der Waals surface area contributed by atoms with E-state index < -0.39 is 21.1 Å². The summed E-state index contributed by atoms with van der Waals surface area (Å²) in [4.78, 5) is 31.9. The average Bonchev–Trinajstić information content (AvgIpc) is 1.09. The number of non-ortho nitro benzene ring substituents is 1. The van der Waals surface area contributed by atoms with E-state index in [4.69, 9.17) is 66.6 Å². The van der Waals surface area contributed by atoms with Crippen molar-refractivity contribution in [3.63, 3.8) is 0 Å². The molecule has 2 saturated heterocycles. The molecule has 4 aliphatic heterocycles. The zero-order chi connectivity index (χ0) is 75.3. The number of carbonyl (C=O) groups is 2. The molecule has 0 aliphatic carbocycles. The summed E-state index contributed by atoms with van der Waals surface area (Å²) in [5.41, 5.74) is 19.3. The molecule has 29 heteroatoms. The Bertz CT molecular complexity index is 4420. The van der Waals surface area contributed by atoms with E-state index in [9.17, 15) is 38.3 Å². The van der Waals surface area contributed by atoms with Crippen LogP contribution in [0.25, 0.3) is 0 Å². The quantitative estimate of drug-likeness (QED) is 0.00716. The lowest BCUT2D eigenvalue weighted by molar-refractivity contribution is -0.385. The predicted molar refractivity (Wildman–Crippen MR) is 409 cm³/mol. The standard InChI is InChI=1S/C27H29ClN4O4.C15H15NO2.C12H14ClN3O2.C12H11NO.C9H9NO6S.C2H6O/c28-24-15-19(25-10-12-27(34)32-31-25)9-11-26(24)35-14-13-29-17-22(33)18-36-23-8-4-7-21(16-23)30-20-5-2-1-3-6-20;1-2-5-12(6-3-1)16-13-7-4-8-14(9-13)17-10-15-11-18-15;13-9-7-8(1-3-11(9)18-6-5-14)10-2-4-12(17)16-15-10;14-12-8-4-7-11(9-12)13-10-5-2-1-3-6-10;11-10(12)7-2-1-3-9(4-7)17(13,14)16-6-8-5-15-8;1-2-3/h1-9,11,15-16,22,29-30,33H,10,12-14,17-18H2,(H,32,34);1-9,15-16H,10-11H2;1,3,7H,2,4-6,14H2,(H,16,17);1-9,13-14H;1-4,8H,5-6H2;3H,2H2,1H3. The Morgan fingerprint density at radius 3 is 1.49 bits per heavy atom. The summed E-state index contributed by atoms with van der Waals surface area (Å²) in [5, 5.41) is 59.6. The monoisotopic (exact) mass is 1510 g/mol. The number of carbonyl (C=O) groups excluding carboxylic acids is 2. The van der Waals surface area contributed by atoms with Crippen molar-refractivity contribution in [3.05, 3.63) is 256 Å². The third kappa shape index (κ3) is 29.8. The van der Waals surface area contributed by atoms with Gasteiger partial charge in [0.2, 0.25) is 11.8 Å². The molecule has 4 aliphatic rings. The molecule has 0 saturated carbocycles. The Morgan fingerprint density at radius 1 is 0.585 bits per heavy atom. The van der Waals surface area contributed by atoms with Crippen molar-refractivity contribution in [1.29, 1.82) is 0 Å². The maximum Gasteiger partial charge on any atom is 0.297 e. The first-order chi connectivity index (χ1) is 51.4. The van der Waals surface area contributed by atoms with Crippen LogP contribution < -0.4 is 56.8 Å². The number of phenolic OH excluding ortho intramolecular Hbond substituents is 1. The Balaban J connectivity index is 0.000000174. The fourth-order valence-electron chi connectivity index (χ4n) is 9.36. The van der Waals surface area contributed by atoms with Gasteiger partial charge in [-0.3, -0.25) is 23.9 Å². The number of hydrazone groups is 2. The molecule has 558 valence electrons. The molecule has 3 atom stereocenters. The fourth-order valence-corrected chi connectivity index (χ4v) is 10.8. The van der Waals surface area contributed by atoms with Crippen LogP contribution in [0.3, 0.4) is 0 Å². The van der Waals surface area contributed by atoms with Gasteiger partial charge in [0, 0.05) is 116 Å². The lowest BCUT2D eigenvalue weighted by Gasteiger charge is -2.15. The van der Waals surface area contributed by atoms with Crippen molar-refractivity contribution < 1.29 is 70.9 Å². The minimum absolute atomic E-state index is 0.0623. The molecule has 13 rings (SSSR count). The zero-order valence-electron chi connectivity index (χ0n) is 57.9. The molecule has 3 unspecified atom stereocenters. The van der Waals surface area contributed by atoms with Gasteiger partial charge in [-0.1, -0.05) is 102 Å². The van der Waals surface area contributed by atoms with Gasteiger partial charge in [-0.2, -0.15) is 18.6 Å². The van der Waals surface area contributed by atoms with Gasteiger partial charge in [0.05, 0.1) is 46.2 Å². The average molecular weight is 1510 g/mol. The topological polar surface area (TPSA) is 366 Å². The summed E-state index contributed by atoms with van der Waals surface area (Å²) in [6.07, 6.45) is 1.48. The number of para-hydroxylation sites is 3. The number of aliphatic hydroxyl groups is 2. The third-order valence-corrected chi connectivity index (χ3v) is 16.6. The predicted octanol–water partition coefficient (Wildman–Crippen LogP) is 12.4. The van der Waals surface area contributed by atoms with Crippen molar-refractivity contribution >= 4 is 96.4 Å². The summed E-state index contributed by atoms with van der Waals surface area (Å²) in [6, 6.07) is 68.0. The minimum atomic E-state index is -3.96. The number of phenols is 1. The van der Waals surface area contributed by atoms with Crippen LogP contribution in [0.2, 0.25) is 10.0 Å². The van der Waals surface area contributed by atoms with E-state index in [-0.39, 0.29) is 60.2 Å². The molecular formula is C77H84Cl2N10O16S. The number of benzene rings is 9. The Kier molecular flexibility index (Phi) is 33.3. The number of rotatable bonds is 28. The number of hydrogen-bond donors (Lipinski definition) is 10. The second-order valence-electron chi connectivity index (χ2n) is 23.2. The Morgan fingerprint density at radius 2 is 1.04 bits per heavy atom. The first kappa shape index (κ1) is 81.0. The van der Waals surface area contributed by atoms with Crippen molar-refractivity contribution in [2.75, 3.05) is 88.4 Å². The SMILES string of the molecule is CCO.NCCOc1ccc(C2=NNC(=O)CC2)cc1Cl.O=C1CCC(c2ccc(OCCNCC(O)COc3cccc(Nc4ccccc4)c3)c(Cl)c2)=NN1.O=[N+]([O-])c1cccc(S(=O)(=O)OCC2CO2)c1.Oc1cccc(Nc2ccccc2)c1.c1ccc(Nc2cccc(OCC3CO3)c2)cc1. The van der Waals surface area contributed by atoms with Crippen molar-refractivity contribution in [1.82, 2.24) is 16.2 Å². The number of anilines is 6. The van der Waals surface area contributed by atoms with Gasteiger partial charge in [0.1, 0.15) is 78.4 Å². The largest absolute Gasteiger partial charge is 0.508 e. The smallest absolute Gasteiger partial charge is 0.297 e. The van der Waals surface area contributed by atoms with E-state index in [2.05, 4.69) is 42.3 Å². The molecule has 9 aromatic carbocycles. The van der Waals surface area contributed by atoms with Gasteiger partial charge in [-0.25, -0.2) is 10.9 Å². The molecule has 26 nitrogen and oxygen atoms in total. The molecule has 0 aromatic heterocycles. The van der Waals surface area contributed by atoms with E-state index in [1.807, 2.05) is 158 Å². The molecule has 2 fully saturated rings. The van der Waals surface area contributed by atoms with Crippen LogP contribution in [0.5, 0.6) is 28.7 Å². The van der Waals surface area contributed by atoms with Gasteiger partial charge >= 0.3 is 0 Å². The fraction of sp³-hybridized carbons (Fsp3) is 0.247. The molecule has 0 radical (unpaired) electrons. The first-order valence-electron chi connectivity index (χ1n) is 33.8. The van der Waals surface area contributed by atoms with Crippen LogP contribution in [0.4, 0.5) is 39.8 Å². The number of ether oxygens (including phenoxy) is 6. The highest BCUT2D eigenvalue weighted by Crippen LogP contribution is 2.30. The summed E-state index contributed by atoms with van der Waals surface area (Å²) in [7, 11) is -3.96. The van der Waals surface area contributed by atoms with E-state index in [0.29, 0.717) is 99.0 Å². The van der Waals surface area contributed by atoms with Gasteiger partial charge < -0.3 is 70.7 Å². The second kappa shape index (κ2) is 43.6.